The van der Waals surface area contributed by atoms with Crippen LogP contribution in [0, 0.1) is 6.92 Å². The van der Waals surface area contributed by atoms with E-state index in [9.17, 15) is 0 Å². The van der Waals surface area contributed by atoms with Gasteiger partial charge in [-0.15, -0.1) is 0 Å². The summed E-state index contributed by atoms with van der Waals surface area (Å²) in [7, 11) is 0. The molecule has 0 aliphatic rings. The zero-order valence-electron chi connectivity index (χ0n) is 9.15. The normalized spacial score (nSPS) is 10.9. The van der Waals surface area contributed by atoms with Crippen molar-refractivity contribution in [3.8, 4) is 0 Å². The van der Waals surface area contributed by atoms with Gasteiger partial charge in [0.05, 0.1) is 0 Å². The van der Waals surface area contributed by atoms with Gasteiger partial charge in [0.25, 0.3) is 0 Å². The quantitative estimate of drug-likeness (QED) is 0.647. The standard InChI is InChI=1S/C15H13Cl/c1-12-5-7-13(8-6-12)9-10-14-3-2-4-15(16)11-14/h2-11H,1H3/b10-9-. The van der Waals surface area contributed by atoms with E-state index in [0.29, 0.717) is 0 Å². The first kappa shape index (κ1) is 11.0. The molecule has 0 atom stereocenters. The summed E-state index contributed by atoms with van der Waals surface area (Å²) >= 11 is 5.91. The molecular weight excluding hydrogens is 216 g/mol. The number of aryl methyl sites for hydroxylation is 1. The molecule has 0 saturated heterocycles. The summed E-state index contributed by atoms with van der Waals surface area (Å²) < 4.78 is 0. The maximum Gasteiger partial charge on any atom is 0.0411 e. The molecule has 0 amide bonds. The van der Waals surface area contributed by atoms with Crippen LogP contribution < -0.4 is 0 Å². The van der Waals surface area contributed by atoms with E-state index >= 15 is 0 Å². The van der Waals surface area contributed by atoms with Crippen molar-refractivity contribution in [1.29, 1.82) is 0 Å². The Bertz CT molecular complexity index is 495. The maximum absolute atomic E-state index is 5.91. The molecule has 0 spiro atoms. The Morgan fingerprint density at radius 3 is 2.25 bits per heavy atom. The van der Waals surface area contributed by atoms with E-state index in [1.54, 1.807) is 0 Å². The van der Waals surface area contributed by atoms with Crippen LogP contribution in [0.15, 0.2) is 48.5 Å². The van der Waals surface area contributed by atoms with Crippen LogP contribution in [0.2, 0.25) is 5.02 Å². The number of rotatable bonds is 2. The van der Waals surface area contributed by atoms with Gasteiger partial charge in [-0.2, -0.15) is 0 Å². The van der Waals surface area contributed by atoms with Crippen LogP contribution in [0.3, 0.4) is 0 Å². The molecule has 0 bridgehead atoms. The maximum atomic E-state index is 5.91. The summed E-state index contributed by atoms with van der Waals surface area (Å²) in [5.74, 6) is 0. The highest BCUT2D eigenvalue weighted by Gasteiger charge is 1.90. The molecule has 2 aromatic rings. The molecule has 0 unspecified atom stereocenters. The van der Waals surface area contributed by atoms with Crippen LogP contribution in [-0.4, -0.2) is 0 Å². The molecule has 0 aliphatic heterocycles. The summed E-state index contributed by atoms with van der Waals surface area (Å²) in [6, 6.07) is 16.3. The smallest absolute Gasteiger partial charge is 0.0411 e. The van der Waals surface area contributed by atoms with Crippen molar-refractivity contribution >= 4 is 23.8 Å². The molecule has 0 nitrogen and oxygen atoms in total. The average molecular weight is 229 g/mol. The summed E-state index contributed by atoms with van der Waals surface area (Å²) in [6.45, 7) is 2.09. The molecule has 0 aliphatic carbocycles. The van der Waals surface area contributed by atoms with E-state index in [-0.39, 0.29) is 0 Å². The lowest BCUT2D eigenvalue weighted by molar-refractivity contribution is 1.46. The van der Waals surface area contributed by atoms with Gasteiger partial charge in [-0.3, -0.25) is 0 Å². The summed E-state index contributed by atoms with van der Waals surface area (Å²) in [6.07, 6.45) is 4.15. The van der Waals surface area contributed by atoms with Crippen molar-refractivity contribution in [2.24, 2.45) is 0 Å². The molecule has 16 heavy (non-hydrogen) atoms. The van der Waals surface area contributed by atoms with E-state index in [1.165, 1.54) is 11.1 Å². The number of hydrogen-bond donors (Lipinski definition) is 0. The van der Waals surface area contributed by atoms with Crippen molar-refractivity contribution in [1.82, 2.24) is 0 Å². The van der Waals surface area contributed by atoms with Crippen LogP contribution in [0.5, 0.6) is 0 Å². The lowest BCUT2D eigenvalue weighted by atomic mass is 10.1. The largest absolute Gasteiger partial charge is 0.0843 e. The van der Waals surface area contributed by atoms with Crippen molar-refractivity contribution in [3.05, 3.63) is 70.2 Å². The van der Waals surface area contributed by atoms with E-state index in [0.717, 1.165) is 10.6 Å². The lowest BCUT2D eigenvalue weighted by Gasteiger charge is -1.96. The zero-order chi connectivity index (χ0) is 11.4. The molecule has 0 saturated carbocycles. The Labute approximate surface area is 101 Å². The Morgan fingerprint density at radius 1 is 0.875 bits per heavy atom. The molecule has 0 fully saturated rings. The lowest BCUT2D eigenvalue weighted by Crippen LogP contribution is -1.74. The fraction of sp³-hybridized carbons (Fsp3) is 0.0667. The Hall–Kier alpha value is -1.53. The van der Waals surface area contributed by atoms with Crippen molar-refractivity contribution in [2.75, 3.05) is 0 Å². The second kappa shape index (κ2) is 5.00. The first-order valence-electron chi connectivity index (χ1n) is 5.24. The molecular formula is C15H13Cl. The minimum atomic E-state index is 0.769. The first-order valence-corrected chi connectivity index (χ1v) is 5.62. The predicted molar refractivity (Wildman–Crippen MR) is 71.6 cm³/mol. The van der Waals surface area contributed by atoms with Crippen molar-refractivity contribution in [2.45, 2.75) is 6.92 Å². The third-order valence-electron chi connectivity index (χ3n) is 2.39. The fourth-order valence-electron chi connectivity index (χ4n) is 1.48. The number of hydrogen-bond acceptors (Lipinski definition) is 0. The topological polar surface area (TPSA) is 0 Å². The summed E-state index contributed by atoms with van der Waals surface area (Å²) in [4.78, 5) is 0. The van der Waals surface area contributed by atoms with Crippen LogP contribution >= 0.6 is 11.6 Å². The van der Waals surface area contributed by atoms with Crippen LogP contribution in [0.25, 0.3) is 12.2 Å². The minimum Gasteiger partial charge on any atom is -0.0843 e. The third kappa shape index (κ3) is 2.98. The third-order valence-corrected chi connectivity index (χ3v) is 2.63. The van der Waals surface area contributed by atoms with Crippen molar-refractivity contribution < 1.29 is 0 Å². The first-order chi connectivity index (χ1) is 7.74. The van der Waals surface area contributed by atoms with E-state index in [2.05, 4.69) is 43.3 Å². The minimum absolute atomic E-state index is 0.769. The summed E-state index contributed by atoms with van der Waals surface area (Å²) in [5.41, 5.74) is 3.60. The Kier molecular flexibility index (Phi) is 3.43. The van der Waals surface area contributed by atoms with Crippen LogP contribution in [0.1, 0.15) is 16.7 Å². The highest BCUT2D eigenvalue weighted by atomic mass is 35.5. The highest BCUT2D eigenvalue weighted by Crippen LogP contribution is 2.14. The van der Waals surface area contributed by atoms with Gasteiger partial charge in [0, 0.05) is 5.02 Å². The van der Waals surface area contributed by atoms with Gasteiger partial charge in [0.1, 0.15) is 0 Å². The predicted octanol–water partition coefficient (Wildman–Crippen LogP) is 4.82. The van der Waals surface area contributed by atoms with E-state index < -0.39 is 0 Å². The monoisotopic (exact) mass is 228 g/mol. The molecule has 80 valence electrons. The Morgan fingerprint density at radius 2 is 1.56 bits per heavy atom. The summed E-state index contributed by atoms with van der Waals surface area (Å²) in [5, 5.41) is 0.769. The van der Waals surface area contributed by atoms with Gasteiger partial charge in [-0.1, -0.05) is 65.7 Å². The average Bonchev–Trinajstić information content (AvgIpc) is 2.28. The molecule has 0 heterocycles. The van der Waals surface area contributed by atoms with Gasteiger partial charge in [0.2, 0.25) is 0 Å². The number of halogens is 1. The van der Waals surface area contributed by atoms with Gasteiger partial charge in [0.15, 0.2) is 0 Å². The molecule has 2 aromatic carbocycles. The van der Waals surface area contributed by atoms with Gasteiger partial charge in [-0.05, 0) is 30.2 Å². The second-order valence-corrected chi connectivity index (χ2v) is 4.24. The molecule has 0 radical (unpaired) electrons. The van der Waals surface area contributed by atoms with E-state index in [1.807, 2.05) is 24.3 Å². The zero-order valence-corrected chi connectivity index (χ0v) is 9.91. The van der Waals surface area contributed by atoms with Crippen molar-refractivity contribution in [3.63, 3.8) is 0 Å². The molecule has 2 rings (SSSR count). The fourth-order valence-corrected chi connectivity index (χ4v) is 1.68. The number of benzene rings is 2. The van der Waals surface area contributed by atoms with Crippen LogP contribution in [-0.2, 0) is 0 Å². The van der Waals surface area contributed by atoms with Gasteiger partial charge in [-0.25, -0.2) is 0 Å². The molecule has 0 aromatic heterocycles. The highest BCUT2D eigenvalue weighted by molar-refractivity contribution is 6.30. The van der Waals surface area contributed by atoms with Crippen LogP contribution in [0.4, 0.5) is 0 Å². The second-order valence-electron chi connectivity index (χ2n) is 3.80. The van der Waals surface area contributed by atoms with Gasteiger partial charge < -0.3 is 0 Å². The SMILES string of the molecule is Cc1ccc(/C=C\c2cccc(Cl)c2)cc1. The molecule has 1 heteroatoms. The Balaban J connectivity index is 2.18. The van der Waals surface area contributed by atoms with Gasteiger partial charge >= 0.3 is 0 Å². The molecule has 0 N–H and O–H groups in total. The van der Waals surface area contributed by atoms with E-state index in [4.69, 9.17) is 11.6 Å².